The molecule has 0 aliphatic rings. The van der Waals surface area contributed by atoms with E-state index in [9.17, 15) is 33.6 Å². The standard InChI is InChI=1S/C27H47N5O11/c1-20(33)4-10-29-22(35)7-13-41-17-27(32-25(38)16-28,18-42-14-8-23(36)30-11-5-21(2)34)19-43-15-9-24(37)31-12-6-26(39)40-3/h4-19,28H2,1-3H3,(H,29,35)(H,30,36)(H,31,37)(H,32,38). The Hall–Kier alpha value is -3.47. The largest absolute Gasteiger partial charge is 0.469 e. The second-order valence-electron chi connectivity index (χ2n) is 9.72. The summed E-state index contributed by atoms with van der Waals surface area (Å²) in [5.74, 6) is -2.11. The molecule has 4 amide bonds. The zero-order chi connectivity index (χ0) is 32.5. The fourth-order valence-corrected chi connectivity index (χ4v) is 3.30. The average Bonchev–Trinajstić information content (AvgIpc) is 2.95. The Bertz CT molecular complexity index is 874. The first kappa shape index (κ1) is 39.5. The van der Waals surface area contributed by atoms with Gasteiger partial charge in [0.15, 0.2) is 0 Å². The molecule has 16 heteroatoms. The maximum absolute atomic E-state index is 12.3. The normalized spacial score (nSPS) is 10.9. The van der Waals surface area contributed by atoms with E-state index in [0.29, 0.717) is 0 Å². The zero-order valence-corrected chi connectivity index (χ0v) is 25.4. The predicted octanol–water partition coefficient (Wildman–Crippen LogP) is -2.11. The van der Waals surface area contributed by atoms with E-state index in [-0.39, 0.29) is 134 Å². The smallest absolute Gasteiger partial charge is 0.307 e. The summed E-state index contributed by atoms with van der Waals surface area (Å²) in [5, 5.41) is 10.5. The monoisotopic (exact) mass is 617 g/mol. The second-order valence-corrected chi connectivity index (χ2v) is 9.72. The van der Waals surface area contributed by atoms with E-state index in [2.05, 4.69) is 26.0 Å². The minimum atomic E-state index is -1.28. The highest BCUT2D eigenvalue weighted by molar-refractivity contribution is 5.80. The van der Waals surface area contributed by atoms with Crippen molar-refractivity contribution in [2.75, 3.05) is 72.9 Å². The van der Waals surface area contributed by atoms with Gasteiger partial charge in [-0.25, -0.2) is 0 Å². The number of Topliss-reactive ketones (excluding diaryl/α,β-unsaturated/α-hetero) is 2. The fourth-order valence-electron chi connectivity index (χ4n) is 3.30. The molecule has 16 nitrogen and oxygen atoms in total. The van der Waals surface area contributed by atoms with Crippen LogP contribution in [0.1, 0.15) is 52.4 Å². The van der Waals surface area contributed by atoms with Gasteiger partial charge in [0.1, 0.15) is 17.1 Å². The van der Waals surface area contributed by atoms with Crippen LogP contribution < -0.4 is 27.0 Å². The van der Waals surface area contributed by atoms with Gasteiger partial charge in [-0.15, -0.1) is 0 Å². The number of ketones is 2. The van der Waals surface area contributed by atoms with Crippen molar-refractivity contribution in [3.63, 3.8) is 0 Å². The summed E-state index contributed by atoms with van der Waals surface area (Å²) >= 11 is 0. The van der Waals surface area contributed by atoms with Gasteiger partial charge < -0.3 is 45.9 Å². The molecule has 0 saturated carbocycles. The van der Waals surface area contributed by atoms with E-state index in [1.807, 2.05) is 0 Å². The number of esters is 1. The number of carbonyl (C=O) groups is 7. The van der Waals surface area contributed by atoms with Crippen LogP contribution >= 0.6 is 0 Å². The summed E-state index contributed by atoms with van der Waals surface area (Å²) < 4.78 is 21.6. The summed E-state index contributed by atoms with van der Waals surface area (Å²) in [4.78, 5) is 81.6. The van der Waals surface area contributed by atoms with Gasteiger partial charge in [-0.1, -0.05) is 0 Å². The second kappa shape index (κ2) is 24.0. The molecule has 0 aromatic carbocycles. The predicted molar refractivity (Wildman–Crippen MR) is 152 cm³/mol. The van der Waals surface area contributed by atoms with Crippen LogP contribution in [0.4, 0.5) is 0 Å². The van der Waals surface area contributed by atoms with Crippen LogP contribution in [0.3, 0.4) is 0 Å². The summed E-state index contributed by atoms with van der Waals surface area (Å²) in [7, 11) is 1.25. The lowest BCUT2D eigenvalue weighted by molar-refractivity contribution is -0.140. The molecule has 0 rings (SSSR count). The third kappa shape index (κ3) is 22.8. The first-order valence-corrected chi connectivity index (χ1v) is 14.0. The van der Waals surface area contributed by atoms with E-state index >= 15 is 0 Å². The lowest BCUT2D eigenvalue weighted by Gasteiger charge is -2.34. The topological polar surface area (TPSA) is 231 Å². The first-order valence-electron chi connectivity index (χ1n) is 14.0. The molecule has 0 atom stereocenters. The Kier molecular flexibility index (Phi) is 22.1. The number of carbonyl (C=O) groups excluding carboxylic acids is 7. The number of methoxy groups -OCH3 is 1. The van der Waals surface area contributed by atoms with Crippen molar-refractivity contribution in [2.45, 2.75) is 57.9 Å². The number of ether oxygens (including phenoxy) is 4. The van der Waals surface area contributed by atoms with Crippen LogP contribution in [0.25, 0.3) is 0 Å². The Labute approximate surface area is 251 Å². The maximum atomic E-state index is 12.3. The molecule has 0 bridgehead atoms. The quantitative estimate of drug-likeness (QED) is 0.0519. The van der Waals surface area contributed by atoms with Gasteiger partial charge in [0.05, 0.1) is 59.7 Å². The summed E-state index contributed by atoms with van der Waals surface area (Å²) in [6, 6.07) is 0. The van der Waals surface area contributed by atoms with Crippen LogP contribution in [0.2, 0.25) is 0 Å². The molecular weight excluding hydrogens is 570 g/mol. The van der Waals surface area contributed by atoms with E-state index < -0.39 is 17.4 Å². The van der Waals surface area contributed by atoms with Crippen molar-refractivity contribution < 1.29 is 52.5 Å². The van der Waals surface area contributed by atoms with Crippen LogP contribution in [-0.4, -0.2) is 120 Å². The van der Waals surface area contributed by atoms with Gasteiger partial charge in [-0.05, 0) is 13.8 Å². The number of rotatable bonds is 26. The van der Waals surface area contributed by atoms with E-state index in [1.165, 1.54) is 21.0 Å². The van der Waals surface area contributed by atoms with Crippen molar-refractivity contribution in [1.29, 1.82) is 0 Å². The molecule has 0 aromatic rings. The zero-order valence-electron chi connectivity index (χ0n) is 25.4. The van der Waals surface area contributed by atoms with Gasteiger partial charge in [0.2, 0.25) is 23.6 Å². The number of hydrogen-bond acceptors (Lipinski definition) is 12. The Morgan fingerprint density at radius 1 is 0.581 bits per heavy atom. The van der Waals surface area contributed by atoms with Crippen molar-refractivity contribution in [2.24, 2.45) is 5.73 Å². The molecule has 43 heavy (non-hydrogen) atoms. The molecule has 0 spiro atoms. The molecule has 0 aromatic heterocycles. The molecule has 0 heterocycles. The van der Waals surface area contributed by atoms with Gasteiger partial charge in [0.25, 0.3) is 0 Å². The van der Waals surface area contributed by atoms with Gasteiger partial charge >= 0.3 is 5.97 Å². The fraction of sp³-hybridized carbons (Fsp3) is 0.741. The SMILES string of the molecule is COC(=O)CCNC(=O)CCOCC(COCCC(=O)NCCC(C)=O)(COCCC(=O)NCCC(C)=O)NC(=O)CN. The molecule has 0 aliphatic carbocycles. The summed E-state index contributed by atoms with van der Waals surface area (Å²) in [6.45, 7) is 2.48. The highest BCUT2D eigenvalue weighted by atomic mass is 16.5. The molecule has 0 fully saturated rings. The van der Waals surface area contributed by atoms with Crippen LogP contribution in [-0.2, 0) is 52.5 Å². The Morgan fingerprint density at radius 3 is 1.28 bits per heavy atom. The van der Waals surface area contributed by atoms with Crippen LogP contribution in [0.15, 0.2) is 0 Å². The number of hydrogen-bond donors (Lipinski definition) is 5. The van der Waals surface area contributed by atoms with Crippen molar-refractivity contribution in [3.05, 3.63) is 0 Å². The lowest BCUT2D eigenvalue weighted by atomic mass is 10.0. The first-order chi connectivity index (χ1) is 20.4. The third-order valence-electron chi connectivity index (χ3n) is 5.62. The Balaban J connectivity index is 5.12. The third-order valence-corrected chi connectivity index (χ3v) is 5.62. The van der Waals surface area contributed by atoms with Gasteiger partial charge in [-0.3, -0.25) is 33.6 Å². The van der Waals surface area contributed by atoms with Crippen molar-refractivity contribution in [1.82, 2.24) is 21.3 Å². The highest BCUT2D eigenvalue weighted by Crippen LogP contribution is 2.10. The number of nitrogens with two attached hydrogens (primary N) is 1. The highest BCUT2D eigenvalue weighted by Gasteiger charge is 2.33. The Morgan fingerprint density at radius 2 is 0.953 bits per heavy atom. The maximum Gasteiger partial charge on any atom is 0.307 e. The minimum Gasteiger partial charge on any atom is -0.469 e. The molecule has 0 saturated heterocycles. The minimum absolute atomic E-state index is 0.00723. The van der Waals surface area contributed by atoms with Crippen LogP contribution in [0, 0.1) is 0 Å². The lowest BCUT2D eigenvalue weighted by Crippen LogP contribution is -2.60. The molecule has 0 radical (unpaired) electrons. The number of amides is 4. The molecule has 6 N–H and O–H groups in total. The van der Waals surface area contributed by atoms with E-state index in [1.54, 1.807) is 0 Å². The van der Waals surface area contributed by atoms with Crippen molar-refractivity contribution in [3.8, 4) is 0 Å². The summed E-state index contributed by atoms with van der Waals surface area (Å²) in [6.07, 6.45) is 0.403. The van der Waals surface area contributed by atoms with Gasteiger partial charge in [0, 0.05) is 51.7 Å². The number of nitrogens with one attached hydrogen (secondary N) is 4. The average molecular weight is 618 g/mol. The molecule has 0 aliphatic heterocycles. The summed E-state index contributed by atoms with van der Waals surface area (Å²) in [5.41, 5.74) is 4.22. The van der Waals surface area contributed by atoms with Gasteiger partial charge in [-0.2, -0.15) is 0 Å². The molecular formula is C27H47N5O11. The van der Waals surface area contributed by atoms with Crippen molar-refractivity contribution >= 4 is 41.2 Å². The van der Waals surface area contributed by atoms with Crippen LogP contribution in [0.5, 0.6) is 0 Å². The van der Waals surface area contributed by atoms with E-state index in [4.69, 9.17) is 19.9 Å². The molecule has 246 valence electrons. The molecule has 0 unspecified atom stereocenters. The van der Waals surface area contributed by atoms with E-state index in [0.717, 1.165) is 0 Å².